The number of benzene rings is 2. The van der Waals surface area contributed by atoms with Crippen LogP contribution in [0.3, 0.4) is 0 Å². The fourth-order valence-corrected chi connectivity index (χ4v) is 3.13. The summed E-state index contributed by atoms with van der Waals surface area (Å²) >= 11 is 12.3. The first-order valence-corrected chi connectivity index (χ1v) is 9.23. The molecule has 0 amide bonds. The molecular weight excluding hydrogens is 395 g/mol. The first-order chi connectivity index (χ1) is 13.5. The quantitative estimate of drug-likeness (QED) is 0.399. The van der Waals surface area contributed by atoms with Crippen LogP contribution in [0.1, 0.15) is 5.69 Å². The molecule has 0 atom stereocenters. The van der Waals surface area contributed by atoms with Crippen LogP contribution in [0, 0.1) is 6.92 Å². The summed E-state index contributed by atoms with van der Waals surface area (Å²) < 4.78 is 0. The molecule has 4 N–H and O–H groups in total. The molecule has 0 aliphatic rings. The molecule has 4 aromatic rings. The van der Waals surface area contributed by atoms with E-state index in [2.05, 4.69) is 25.6 Å². The minimum absolute atomic E-state index is 0.350. The zero-order valence-corrected chi connectivity index (χ0v) is 16.4. The van der Waals surface area contributed by atoms with Gasteiger partial charge in [0.1, 0.15) is 12.0 Å². The molecule has 0 unspecified atom stereocenters. The maximum atomic E-state index is 6.29. The van der Waals surface area contributed by atoms with E-state index in [0.717, 1.165) is 22.3 Å². The van der Waals surface area contributed by atoms with Gasteiger partial charge >= 0.3 is 0 Å². The van der Waals surface area contributed by atoms with Crippen molar-refractivity contribution in [1.29, 1.82) is 0 Å². The van der Waals surface area contributed by atoms with Gasteiger partial charge in [0, 0.05) is 16.1 Å². The zero-order chi connectivity index (χ0) is 19.7. The lowest BCUT2D eigenvalue weighted by Crippen LogP contribution is -2.06. The Morgan fingerprint density at radius 2 is 1.64 bits per heavy atom. The number of pyridine rings is 1. The highest BCUT2D eigenvalue weighted by atomic mass is 35.5. The summed E-state index contributed by atoms with van der Waals surface area (Å²) in [4.78, 5) is 13.1. The second kappa shape index (κ2) is 7.50. The van der Waals surface area contributed by atoms with Crippen LogP contribution >= 0.6 is 23.2 Å². The van der Waals surface area contributed by atoms with Crippen LogP contribution in [0.25, 0.3) is 10.9 Å². The molecule has 0 radical (unpaired) electrons. The van der Waals surface area contributed by atoms with Gasteiger partial charge < -0.3 is 16.4 Å². The Labute approximate surface area is 171 Å². The molecule has 4 rings (SSSR count). The molecule has 28 heavy (non-hydrogen) atoms. The Kier molecular flexibility index (Phi) is 4.90. The van der Waals surface area contributed by atoms with Gasteiger partial charge in [0.25, 0.3) is 0 Å². The van der Waals surface area contributed by atoms with Gasteiger partial charge in [-0.25, -0.2) is 9.97 Å². The molecule has 0 fully saturated rings. The minimum Gasteiger partial charge on any atom is -0.393 e. The lowest BCUT2D eigenvalue weighted by atomic mass is 10.1. The standard InChI is InChI=1S/C20H16Cl2N6/c1-11-5-6-12-3-2-4-15(18(12)26-11)27-19-17(23)20(25-10-24-19)28-16-9-13(21)7-8-14(16)22/h2-10H,23H2,1H3,(H2,24,25,27,28). The summed E-state index contributed by atoms with van der Waals surface area (Å²) in [6.45, 7) is 1.95. The van der Waals surface area contributed by atoms with E-state index in [-0.39, 0.29) is 0 Å². The lowest BCUT2D eigenvalue weighted by molar-refractivity contribution is 1.17. The second-order valence-electron chi connectivity index (χ2n) is 6.19. The molecule has 0 saturated heterocycles. The summed E-state index contributed by atoms with van der Waals surface area (Å²) in [5, 5.41) is 8.44. The van der Waals surface area contributed by atoms with Gasteiger partial charge in [0.15, 0.2) is 11.6 Å². The topological polar surface area (TPSA) is 88.8 Å². The van der Waals surface area contributed by atoms with Gasteiger partial charge in [0.2, 0.25) is 0 Å². The van der Waals surface area contributed by atoms with Crippen LogP contribution in [-0.2, 0) is 0 Å². The summed E-state index contributed by atoms with van der Waals surface area (Å²) in [6, 6.07) is 15.0. The summed E-state index contributed by atoms with van der Waals surface area (Å²) in [5.74, 6) is 0.887. The average molecular weight is 411 g/mol. The molecule has 0 spiro atoms. The third kappa shape index (κ3) is 3.65. The average Bonchev–Trinajstić information content (AvgIpc) is 2.68. The van der Waals surface area contributed by atoms with Crippen molar-refractivity contribution < 1.29 is 0 Å². The van der Waals surface area contributed by atoms with Gasteiger partial charge in [-0.15, -0.1) is 0 Å². The number of nitrogens with zero attached hydrogens (tertiary/aromatic N) is 3. The number of halogens is 2. The Hall–Kier alpha value is -3.09. The number of aryl methyl sites for hydroxylation is 1. The van der Waals surface area contributed by atoms with Crippen molar-refractivity contribution in [2.24, 2.45) is 0 Å². The van der Waals surface area contributed by atoms with E-state index < -0.39 is 0 Å². The molecule has 6 nitrogen and oxygen atoms in total. The number of fused-ring (bicyclic) bond motifs is 1. The predicted octanol–water partition coefficient (Wildman–Crippen LogP) is 5.71. The Bertz CT molecular complexity index is 1180. The molecule has 0 bridgehead atoms. The summed E-state index contributed by atoms with van der Waals surface area (Å²) in [7, 11) is 0. The normalized spacial score (nSPS) is 10.8. The fraction of sp³-hybridized carbons (Fsp3) is 0.0500. The number of nitrogens with two attached hydrogens (primary N) is 1. The zero-order valence-electron chi connectivity index (χ0n) is 14.9. The molecule has 2 heterocycles. The first-order valence-electron chi connectivity index (χ1n) is 8.47. The maximum Gasteiger partial charge on any atom is 0.159 e. The van der Waals surface area contributed by atoms with Crippen LogP contribution in [0.15, 0.2) is 54.9 Å². The third-order valence-corrected chi connectivity index (χ3v) is 4.74. The number of nitrogen functional groups attached to an aromatic ring is 1. The minimum atomic E-state index is 0.350. The van der Waals surface area contributed by atoms with E-state index in [1.807, 2.05) is 37.3 Å². The number of anilines is 5. The van der Waals surface area contributed by atoms with Crippen molar-refractivity contribution >= 4 is 62.8 Å². The third-order valence-electron chi connectivity index (χ3n) is 4.18. The van der Waals surface area contributed by atoms with Crippen molar-refractivity contribution in [3.05, 3.63) is 70.6 Å². The number of nitrogens with one attached hydrogen (secondary N) is 2. The van der Waals surface area contributed by atoms with Crippen LogP contribution in [0.5, 0.6) is 0 Å². The number of hydrogen-bond acceptors (Lipinski definition) is 6. The van der Waals surface area contributed by atoms with E-state index in [1.165, 1.54) is 6.33 Å². The second-order valence-corrected chi connectivity index (χ2v) is 7.03. The van der Waals surface area contributed by atoms with E-state index in [1.54, 1.807) is 18.2 Å². The fourth-order valence-electron chi connectivity index (χ4n) is 2.79. The predicted molar refractivity (Wildman–Crippen MR) is 116 cm³/mol. The number of hydrogen-bond donors (Lipinski definition) is 3. The molecule has 2 aromatic carbocycles. The molecule has 2 aromatic heterocycles. The van der Waals surface area contributed by atoms with E-state index >= 15 is 0 Å². The number of para-hydroxylation sites is 1. The van der Waals surface area contributed by atoms with Crippen molar-refractivity contribution in [3.63, 3.8) is 0 Å². The molecule has 0 aliphatic carbocycles. The largest absolute Gasteiger partial charge is 0.393 e. The van der Waals surface area contributed by atoms with E-state index in [0.29, 0.717) is 33.1 Å². The van der Waals surface area contributed by atoms with Gasteiger partial charge in [-0.3, -0.25) is 4.98 Å². The Morgan fingerprint density at radius 1 is 0.893 bits per heavy atom. The molecular formula is C20H16Cl2N6. The summed E-state index contributed by atoms with van der Waals surface area (Å²) in [6.07, 6.45) is 1.42. The smallest absolute Gasteiger partial charge is 0.159 e. The number of aromatic nitrogens is 3. The van der Waals surface area contributed by atoms with Crippen molar-refractivity contribution in [3.8, 4) is 0 Å². The SMILES string of the molecule is Cc1ccc2cccc(Nc3ncnc(Nc4cc(Cl)ccc4Cl)c3N)c2n1. The van der Waals surface area contributed by atoms with Crippen LogP contribution in [0.4, 0.5) is 28.7 Å². The maximum absolute atomic E-state index is 6.29. The van der Waals surface area contributed by atoms with Crippen LogP contribution in [0.2, 0.25) is 10.0 Å². The van der Waals surface area contributed by atoms with E-state index in [9.17, 15) is 0 Å². The monoisotopic (exact) mass is 410 g/mol. The molecule has 0 aliphatic heterocycles. The van der Waals surface area contributed by atoms with Gasteiger partial charge in [-0.2, -0.15) is 0 Å². The van der Waals surface area contributed by atoms with E-state index in [4.69, 9.17) is 28.9 Å². The van der Waals surface area contributed by atoms with Crippen molar-refractivity contribution in [1.82, 2.24) is 15.0 Å². The van der Waals surface area contributed by atoms with Gasteiger partial charge in [-0.05, 0) is 37.3 Å². The van der Waals surface area contributed by atoms with Gasteiger partial charge in [0.05, 0.1) is 21.9 Å². The molecule has 0 saturated carbocycles. The van der Waals surface area contributed by atoms with Crippen LogP contribution in [-0.4, -0.2) is 15.0 Å². The lowest BCUT2D eigenvalue weighted by Gasteiger charge is -2.14. The highest BCUT2D eigenvalue weighted by Crippen LogP contribution is 2.33. The summed E-state index contributed by atoms with van der Waals surface area (Å²) in [5.41, 5.74) is 9.82. The molecule has 140 valence electrons. The van der Waals surface area contributed by atoms with Crippen molar-refractivity contribution in [2.45, 2.75) is 6.92 Å². The Morgan fingerprint density at radius 3 is 2.43 bits per heavy atom. The highest BCUT2D eigenvalue weighted by Gasteiger charge is 2.12. The van der Waals surface area contributed by atoms with Crippen molar-refractivity contribution in [2.75, 3.05) is 16.4 Å². The van der Waals surface area contributed by atoms with Crippen LogP contribution < -0.4 is 16.4 Å². The first kappa shape index (κ1) is 18.3. The molecule has 8 heteroatoms. The Balaban J connectivity index is 1.70. The number of rotatable bonds is 4. The highest BCUT2D eigenvalue weighted by molar-refractivity contribution is 6.35. The van der Waals surface area contributed by atoms with Gasteiger partial charge in [-0.1, -0.05) is 41.4 Å².